The lowest BCUT2D eigenvalue weighted by atomic mass is 10.1. The van der Waals surface area contributed by atoms with Crippen molar-refractivity contribution in [1.82, 2.24) is 9.55 Å². The second kappa shape index (κ2) is 7.17. The van der Waals surface area contributed by atoms with E-state index in [9.17, 15) is 9.59 Å². The van der Waals surface area contributed by atoms with Crippen LogP contribution in [0.5, 0.6) is 0 Å². The summed E-state index contributed by atoms with van der Waals surface area (Å²) in [5, 5.41) is 0. The van der Waals surface area contributed by atoms with Gasteiger partial charge in [-0.25, -0.2) is 14.6 Å². The quantitative estimate of drug-likeness (QED) is 0.769. The van der Waals surface area contributed by atoms with Crippen LogP contribution in [-0.2, 0) is 30.3 Å². The van der Waals surface area contributed by atoms with Crippen LogP contribution in [0.25, 0.3) is 11.0 Å². The van der Waals surface area contributed by atoms with Gasteiger partial charge in [-0.3, -0.25) is 0 Å². The second-order valence-corrected chi connectivity index (χ2v) is 5.79. The lowest BCUT2D eigenvalue weighted by Crippen LogP contribution is -2.38. The van der Waals surface area contributed by atoms with Gasteiger partial charge in [0, 0.05) is 12.2 Å². The normalized spacial score (nSPS) is 14.7. The first-order chi connectivity index (χ1) is 12.5. The summed E-state index contributed by atoms with van der Waals surface area (Å²) >= 11 is 0. The van der Waals surface area contributed by atoms with Crippen LogP contribution in [-0.4, -0.2) is 49.0 Å². The first kappa shape index (κ1) is 17.9. The lowest BCUT2D eigenvalue weighted by Gasteiger charge is -2.31. The van der Waals surface area contributed by atoms with Crippen LogP contribution in [0.15, 0.2) is 29.5 Å². The summed E-state index contributed by atoms with van der Waals surface area (Å²) in [7, 11) is 2.53. The molecule has 0 unspecified atom stereocenters. The number of methoxy groups -OCH3 is 2. The molecule has 8 heteroatoms. The molecule has 2 aromatic rings. The Morgan fingerprint density at radius 2 is 1.96 bits per heavy atom. The van der Waals surface area contributed by atoms with E-state index < -0.39 is 11.9 Å². The van der Waals surface area contributed by atoms with E-state index in [1.54, 1.807) is 4.90 Å². The highest BCUT2D eigenvalue weighted by Gasteiger charge is 2.32. The van der Waals surface area contributed by atoms with Gasteiger partial charge >= 0.3 is 11.9 Å². The summed E-state index contributed by atoms with van der Waals surface area (Å²) in [6, 6.07) is 5.67. The van der Waals surface area contributed by atoms with Crippen molar-refractivity contribution in [3.63, 3.8) is 0 Å². The molecule has 0 atom stereocenters. The summed E-state index contributed by atoms with van der Waals surface area (Å²) in [6.45, 7) is 4.92. The number of benzene rings is 1. The van der Waals surface area contributed by atoms with Gasteiger partial charge in [0.2, 0.25) is 0 Å². The van der Waals surface area contributed by atoms with Crippen LogP contribution in [0.1, 0.15) is 12.7 Å². The van der Waals surface area contributed by atoms with E-state index in [1.807, 2.05) is 25.1 Å². The number of carbonyl (C=O) groups is 2. The van der Waals surface area contributed by atoms with Crippen LogP contribution >= 0.6 is 0 Å². The van der Waals surface area contributed by atoms with Gasteiger partial charge in [-0.1, -0.05) is 0 Å². The number of anilines is 1. The first-order valence-electron chi connectivity index (χ1n) is 8.23. The molecule has 0 saturated carbocycles. The van der Waals surface area contributed by atoms with Gasteiger partial charge in [-0.2, -0.15) is 0 Å². The van der Waals surface area contributed by atoms with Gasteiger partial charge in [0.05, 0.1) is 37.4 Å². The minimum Gasteiger partial charge on any atom is -0.466 e. The Morgan fingerprint density at radius 3 is 2.62 bits per heavy atom. The predicted octanol–water partition coefficient (Wildman–Crippen LogP) is 1.76. The molecule has 0 amide bonds. The van der Waals surface area contributed by atoms with E-state index in [0.29, 0.717) is 5.69 Å². The van der Waals surface area contributed by atoms with E-state index in [2.05, 4.69) is 16.5 Å². The molecule has 138 valence electrons. The third-order valence-electron chi connectivity index (χ3n) is 4.38. The number of ether oxygens (including phenoxy) is 3. The molecule has 0 spiro atoms. The van der Waals surface area contributed by atoms with Crippen LogP contribution < -0.4 is 4.90 Å². The van der Waals surface area contributed by atoms with Gasteiger partial charge in [0.25, 0.3) is 0 Å². The number of esters is 2. The molecule has 0 N–H and O–H groups in total. The van der Waals surface area contributed by atoms with Crippen molar-refractivity contribution in [3.05, 3.63) is 35.3 Å². The van der Waals surface area contributed by atoms with Gasteiger partial charge in [0.1, 0.15) is 18.3 Å². The van der Waals surface area contributed by atoms with Crippen LogP contribution in [0.3, 0.4) is 0 Å². The minimum atomic E-state index is -0.623. The van der Waals surface area contributed by atoms with Crippen molar-refractivity contribution >= 4 is 28.7 Å². The van der Waals surface area contributed by atoms with Crippen molar-refractivity contribution in [2.75, 3.05) is 32.5 Å². The van der Waals surface area contributed by atoms with E-state index in [0.717, 1.165) is 23.4 Å². The van der Waals surface area contributed by atoms with Crippen LogP contribution in [0, 0.1) is 6.92 Å². The highest BCUT2D eigenvalue weighted by atomic mass is 16.5. The van der Waals surface area contributed by atoms with Crippen molar-refractivity contribution in [2.45, 2.75) is 20.4 Å². The van der Waals surface area contributed by atoms with E-state index in [-0.39, 0.29) is 24.6 Å². The molecule has 0 fully saturated rings. The van der Waals surface area contributed by atoms with Crippen molar-refractivity contribution in [2.24, 2.45) is 0 Å². The Hall–Kier alpha value is -2.87. The summed E-state index contributed by atoms with van der Waals surface area (Å²) < 4.78 is 17.2. The number of aromatic nitrogens is 2. The standard InChI is InChI=1S/C18H21N3O5/c1-5-20-11(2)19-14-8-12(6-7-15(14)20)21-10-26-9-13(17(22)24-3)16(21)18(23)25-4/h6-8H,5,9-10H2,1-4H3. The zero-order valence-electron chi connectivity index (χ0n) is 15.2. The largest absolute Gasteiger partial charge is 0.466 e. The maximum absolute atomic E-state index is 12.3. The molecule has 1 aliphatic rings. The molecule has 0 aliphatic carbocycles. The Bertz CT molecular complexity index is 900. The van der Waals surface area contributed by atoms with E-state index in [4.69, 9.17) is 14.2 Å². The Morgan fingerprint density at radius 1 is 1.23 bits per heavy atom. The molecule has 3 rings (SSSR count). The SMILES string of the molecule is CCn1c(C)nc2cc(N3COCC(C(=O)OC)=C3C(=O)OC)ccc21. The van der Waals surface area contributed by atoms with Gasteiger partial charge in [0.15, 0.2) is 0 Å². The van der Waals surface area contributed by atoms with Crippen LogP contribution in [0.4, 0.5) is 5.69 Å². The molecular formula is C18H21N3O5. The number of fused-ring (bicyclic) bond motifs is 1. The van der Waals surface area contributed by atoms with E-state index in [1.165, 1.54) is 14.2 Å². The monoisotopic (exact) mass is 359 g/mol. The molecule has 1 aromatic carbocycles. The number of rotatable bonds is 4. The number of imidazole rings is 1. The molecule has 26 heavy (non-hydrogen) atoms. The number of hydrogen-bond acceptors (Lipinski definition) is 7. The third-order valence-corrected chi connectivity index (χ3v) is 4.38. The fourth-order valence-electron chi connectivity index (χ4n) is 3.15. The average Bonchev–Trinajstić information content (AvgIpc) is 2.99. The fraction of sp³-hybridized carbons (Fsp3) is 0.389. The van der Waals surface area contributed by atoms with Crippen molar-refractivity contribution in [1.29, 1.82) is 0 Å². The lowest BCUT2D eigenvalue weighted by molar-refractivity contribution is -0.140. The number of carbonyl (C=O) groups excluding carboxylic acids is 2. The van der Waals surface area contributed by atoms with Gasteiger partial charge < -0.3 is 23.7 Å². The summed E-state index contributed by atoms with van der Waals surface area (Å²) in [6.07, 6.45) is 0. The minimum absolute atomic E-state index is 0.0145. The second-order valence-electron chi connectivity index (χ2n) is 5.79. The number of hydrogen-bond donors (Lipinski definition) is 0. The molecule has 2 heterocycles. The molecule has 0 radical (unpaired) electrons. The Labute approximate surface area is 150 Å². The molecule has 0 bridgehead atoms. The Kier molecular flexibility index (Phi) is 4.94. The summed E-state index contributed by atoms with van der Waals surface area (Å²) in [4.78, 5) is 30.6. The molecule has 0 saturated heterocycles. The summed E-state index contributed by atoms with van der Waals surface area (Å²) in [5.74, 6) is -0.333. The third kappa shape index (κ3) is 2.92. The first-order valence-corrected chi connectivity index (χ1v) is 8.23. The maximum Gasteiger partial charge on any atom is 0.355 e. The topological polar surface area (TPSA) is 82.9 Å². The molecule has 1 aromatic heterocycles. The predicted molar refractivity (Wildman–Crippen MR) is 94.5 cm³/mol. The molecule has 8 nitrogen and oxygen atoms in total. The van der Waals surface area contributed by atoms with Crippen molar-refractivity contribution in [3.8, 4) is 0 Å². The molecule has 1 aliphatic heterocycles. The number of nitrogens with zero attached hydrogens (tertiary/aromatic N) is 3. The smallest absolute Gasteiger partial charge is 0.355 e. The fourth-order valence-corrected chi connectivity index (χ4v) is 3.15. The van der Waals surface area contributed by atoms with Crippen molar-refractivity contribution < 1.29 is 23.8 Å². The Balaban J connectivity index is 2.12. The average molecular weight is 359 g/mol. The highest BCUT2D eigenvalue weighted by Crippen LogP contribution is 2.29. The summed E-state index contributed by atoms with van der Waals surface area (Å²) in [5.41, 5.74) is 2.73. The number of aryl methyl sites for hydroxylation is 2. The van der Waals surface area contributed by atoms with Gasteiger partial charge in [-0.15, -0.1) is 0 Å². The maximum atomic E-state index is 12.3. The van der Waals surface area contributed by atoms with Crippen LogP contribution in [0.2, 0.25) is 0 Å². The van der Waals surface area contributed by atoms with Gasteiger partial charge in [-0.05, 0) is 32.0 Å². The zero-order valence-corrected chi connectivity index (χ0v) is 15.2. The van der Waals surface area contributed by atoms with E-state index >= 15 is 0 Å². The highest BCUT2D eigenvalue weighted by molar-refractivity contribution is 6.03. The molecular weight excluding hydrogens is 338 g/mol. The zero-order chi connectivity index (χ0) is 18.8.